The maximum absolute atomic E-state index is 14.9. The van der Waals surface area contributed by atoms with Gasteiger partial charge in [0.05, 0.1) is 11.6 Å². The van der Waals surface area contributed by atoms with Crippen molar-refractivity contribution in [2.24, 2.45) is 49.7 Å². The molecule has 0 aromatic rings. The van der Waals surface area contributed by atoms with Gasteiger partial charge in [-0.2, -0.15) is 5.26 Å². The molecule has 0 radical (unpaired) electrons. The Morgan fingerprint density at radius 1 is 1.02 bits per heavy atom. The van der Waals surface area contributed by atoms with Gasteiger partial charge in [0.1, 0.15) is 5.76 Å². The van der Waals surface area contributed by atoms with E-state index in [4.69, 9.17) is 0 Å². The van der Waals surface area contributed by atoms with Crippen LogP contribution < -0.4 is 0 Å². The van der Waals surface area contributed by atoms with E-state index in [1.54, 1.807) is 0 Å². The van der Waals surface area contributed by atoms with Gasteiger partial charge in [-0.15, -0.1) is 0 Å². The van der Waals surface area contributed by atoms with E-state index >= 15 is 0 Å². The Hall–Kier alpha value is -2.54. The second kappa shape index (κ2) is 9.48. The molecule has 0 aromatic carbocycles. The van der Waals surface area contributed by atoms with E-state index in [0.29, 0.717) is 12.0 Å². The van der Waals surface area contributed by atoms with Gasteiger partial charge in [0.25, 0.3) is 0 Å². The zero-order chi connectivity index (χ0) is 31.1. The molecule has 0 saturated heterocycles. The fourth-order valence-corrected chi connectivity index (χ4v) is 11.9. The van der Waals surface area contributed by atoms with Crippen LogP contribution in [0.3, 0.4) is 0 Å². The number of rotatable bonds is 5. The molecular formula is C38H54N2O2. The van der Waals surface area contributed by atoms with Crippen LogP contribution in [0.1, 0.15) is 107 Å². The largest absolute Gasteiger partial charge is 0.511 e. The summed E-state index contributed by atoms with van der Waals surface area (Å²) in [4.78, 5) is 17.1. The number of allylic oxidation sites excluding steroid dienone is 6. The molecule has 0 bridgehead atoms. The van der Waals surface area contributed by atoms with Crippen molar-refractivity contribution >= 4 is 5.78 Å². The van der Waals surface area contributed by atoms with Crippen LogP contribution in [-0.2, 0) is 4.79 Å². The van der Waals surface area contributed by atoms with Gasteiger partial charge in [0.2, 0.25) is 0 Å². The fraction of sp³-hybridized carbons (Fsp3) is 0.684. The van der Waals surface area contributed by atoms with Crippen molar-refractivity contribution in [2.45, 2.75) is 107 Å². The summed E-state index contributed by atoms with van der Waals surface area (Å²) in [7, 11) is 0. The maximum Gasteiger partial charge on any atom is 0.159 e. The first-order valence-corrected chi connectivity index (χ1v) is 16.2. The molecule has 3 saturated carbocycles. The average molecular weight is 571 g/mol. The number of carbonyl (C=O) groups is 1. The van der Waals surface area contributed by atoms with Gasteiger partial charge in [0, 0.05) is 24.1 Å². The number of ketones is 1. The molecule has 5 aliphatic carbocycles. The van der Waals surface area contributed by atoms with Crippen molar-refractivity contribution in [3.8, 4) is 6.07 Å². The Bertz CT molecular complexity index is 1340. The average Bonchev–Trinajstić information content (AvgIpc) is 2.90. The lowest BCUT2D eigenvalue weighted by molar-refractivity contribution is -0.209. The molecule has 0 spiro atoms. The van der Waals surface area contributed by atoms with Crippen LogP contribution >= 0.6 is 0 Å². The quantitative estimate of drug-likeness (QED) is 0.334. The van der Waals surface area contributed by atoms with E-state index in [0.717, 1.165) is 51.5 Å². The number of nitrogens with zero attached hydrogens (tertiary/aromatic N) is 2. The van der Waals surface area contributed by atoms with Crippen LogP contribution in [-0.4, -0.2) is 22.3 Å². The Balaban J connectivity index is 1.68. The summed E-state index contributed by atoms with van der Waals surface area (Å²) in [6, 6.07) is 2.34. The zero-order valence-electron chi connectivity index (χ0n) is 27.6. The summed E-state index contributed by atoms with van der Waals surface area (Å²) in [5.74, 6) is 0.648. The fourth-order valence-electron chi connectivity index (χ4n) is 11.9. The molecular weight excluding hydrogens is 516 g/mol. The summed E-state index contributed by atoms with van der Waals surface area (Å²) >= 11 is 0. The molecule has 0 amide bonds. The number of hydrogen-bond donors (Lipinski definition) is 1. The first kappa shape index (κ1) is 30.9. The van der Waals surface area contributed by atoms with E-state index in [2.05, 4.69) is 91.8 Å². The van der Waals surface area contributed by atoms with Crippen LogP contribution in [0.5, 0.6) is 0 Å². The van der Waals surface area contributed by atoms with Gasteiger partial charge in [-0.1, -0.05) is 80.2 Å². The zero-order valence-corrected chi connectivity index (χ0v) is 27.6. The van der Waals surface area contributed by atoms with Crippen LogP contribution in [0.4, 0.5) is 0 Å². The summed E-state index contributed by atoms with van der Waals surface area (Å²) < 4.78 is 0. The van der Waals surface area contributed by atoms with E-state index in [-0.39, 0.29) is 55.9 Å². The lowest BCUT2D eigenvalue weighted by Crippen LogP contribution is -2.69. The van der Waals surface area contributed by atoms with Crippen molar-refractivity contribution < 1.29 is 9.90 Å². The van der Waals surface area contributed by atoms with Crippen LogP contribution in [0.25, 0.3) is 0 Å². The highest BCUT2D eigenvalue weighted by Gasteiger charge is 2.73. The number of carbonyl (C=O) groups excluding carboxylic acids is 1. The first-order valence-electron chi connectivity index (χ1n) is 16.2. The third-order valence-corrected chi connectivity index (χ3v) is 14.1. The molecule has 5 rings (SSSR count). The molecule has 1 unspecified atom stereocenters. The van der Waals surface area contributed by atoms with Crippen molar-refractivity contribution in [3.63, 3.8) is 0 Å². The number of nitriles is 1. The third-order valence-electron chi connectivity index (χ3n) is 14.1. The van der Waals surface area contributed by atoms with Crippen molar-refractivity contribution in [1.82, 2.24) is 4.90 Å². The highest BCUT2D eigenvalue weighted by Crippen LogP contribution is 2.78. The Kier molecular flexibility index (Phi) is 6.97. The molecule has 3 fully saturated rings. The molecule has 0 aliphatic heterocycles. The summed E-state index contributed by atoms with van der Waals surface area (Å²) in [6.45, 7) is 27.5. The van der Waals surface area contributed by atoms with Crippen molar-refractivity contribution in [1.29, 1.82) is 5.26 Å². The van der Waals surface area contributed by atoms with Gasteiger partial charge in [-0.3, -0.25) is 4.79 Å². The molecule has 0 aromatic heterocycles. The third kappa shape index (κ3) is 3.87. The lowest BCUT2D eigenvalue weighted by Gasteiger charge is -2.73. The summed E-state index contributed by atoms with van der Waals surface area (Å²) in [5, 5.41) is 21.2. The highest BCUT2D eigenvalue weighted by atomic mass is 16.3. The Labute approximate surface area is 255 Å². The minimum atomic E-state index is -0.505. The van der Waals surface area contributed by atoms with Crippen LogP contribution in [0.15, 0.2) is 60.7 Å². The number of hydrogen-bond acceptors (Lipinski definition) is 4. The molecule has 228 valence electrons. The first-order chi connectivity index (χ1) is 19.4. The second-order valence-corrected chi connectivity index (χ2v) is 17.0. The minimum Gasteiger partial charge on any atom is -0.511 e. The van der Waals surface area contributed by atoms with E-state index < -0.39 is 5.41 Å². The standard InChI is InChI=1S/C38H54N2O2/c1-11-13-20-40(12-2)25-38-18-16-32(3,4)24-37(38,10)30-27(41)21-29-34(7)22-26(23-39)31(42)33(5,6)28(34)14-15-35(29,8)36(30,9)17-19-38/h11-13,20-21,28,30,42H,1-2,14-19,22,24-25H2,3-10H3/b20-13-/t28?,30-,34-,35+,36+,37-,38+/m0/s1. The summed E-state index contributed by atoms with van der Waals surface area (Å²) in [6.07, 6.45) is 17.8. The van der Waals surface area contributed by atoms with Crippen molar-refractivity contribution in [3.05, 3.63) is 60.7 Å². The topological polar surface area (TPSA) is 64.3 Å². The Morgan fingerprint density at radius 2 is 1.69 bits per heavy atom. The van der Waals surface area contributed by atoms with E-state index in [9.17, 15) is 15.2 Å². The van der Waals surface area contributed by atoms with Gasteiger partial charge in [-0.05, 0) is 108 Å². The number of aliphatic hydroxyl groups is 1. The summed E-state index contributed by atoms with van der Waals surface area (Å²) in [5.41, 5.74) is 0.539. The maximum atomic E-state index is 14.9. The molecule has 4 heteroatoms. The smallest absolute Gasteiger partial charge is 0.159 e. The van der Waals surface area contributed by atoms with E-state index in [1.165, 1.54) is 5.57 Å². The van der Waals surface area contributed by atoms with Crippen LogP contribution in [0, 0.1) is 61.1 Å². The molecule has 5 aliphatic rings. The number of fused-ring (bicyclic) bond motifs is 7. The molecule has 4 nitrogen and oxygen atoms in total. The predicted octanol–water partition coefficient (Wildman–Crippen LogP) is 9.45. The van der Waals surface area contributed by atoms with Gasteiger partial charge in [0.15, 0.2) is 5.78 Å². The molecule has 42 heavy (non-hydrogen) atoms. The van der Waals surface area contributed by atoms with Gasteiger partial charge < -0.3 is 10.0 Å². The SMILES string of the molecule is C=C/C=C\N(C=C)C[C@]12CCC(C)(C)C[C@@]1(C)[C@H]1C(=O)C=C3[C@@]4(C)CC(C#N)=C(O)C(C)(C)C4CC[C@@]3(C)[C@]1(C)CC2. The Morgan fingerprint density at radius 3 is 2.31 bits per heavy atom. The van der Waals surface area contributed by atoms with E-state index in [1.807, 2.05) is 18.4 Å². The highest BCUT2D eigenvalue weighted by molar-refractivity contribution is 5.96. The lowest BCUT2D eigenvalue weighted by atomic mass is 9.31. The molecule has 0 heterocycles. The molecule has 7 atom stereocenters. The van der Waals surface area contributed by atoms with Crippen molar-refractivity contribution in [2.75, 3.05) is 6.54 Å². The predicted molar refractivity (Wildman–Crippen MR) is 171 cm³/mol. The van der Waals surface area contributed by atoms with Gasteiger partial charge in [-0.25, -0.2) is 0 Å². The minimum absolute atomic E-state index is 0.000197. The second-order valence-electron chi connectivity index (χ2n) is 17.0. The van der Waals surface area contributed by atoms with Crippen LogP contribution in [0.2, 0.25) is 0 Å². The monoisotopic (exact) mass is 570 g/mol. The van der Waals surface area contributed by atoms with Gasteiger partial charge >= 0.3 is 0 Å². The molecule has 1 N–H and O–H groups in total. The normalized spacial score (nSPS) is 43.7. The number of aliphatic hydroxyl groups excluding tert-OH is 1.